The zero-order chi connectivity index (χ0) is 19.0. The molecule has 5 heteroatoms. The van der Waals surface area contributed by atoms with Gasteiger partial charge in [0.05, 0.1) is 11.5 Å². The van der Waals surface area contributed by atoms with Gasteiger partial charge in [-0.2, -0.15) is 0 Å². The zero-order valence-electron chi connectivity index (χ0n) is 15.2. The normalized spacial score (nSPS) is 26.5. The minimum Gasteiger partial charge on any atom is -0.391 e. The molecule has 4 unspecified atom stereocenters. The van der Waals surface area contributed by atoms with Crippen LogP contribution in [0.3, 0.4) is 0 Å². The van der Waals surface area contributed by atoms with Crippen molar-refractivity contribution in [2.45, 2.75) is 43.1 Å². The van der Waals surface area contributed by atoms with Crippen LogP contribution < -0.4 is 11.1 Å². The van der Waals surface area contributed by atoms with Crippen molar-refractivity contribution in [1.82, 2.24) is 0 Å². The Morgan fingerprint density at radius 3 is 2.74 bits per heavy atom. The molecule has 1 fully saturated rings. The predicted octanol–water partition coefficient (Wildman–Crippen LogP) is 3.31. The molecule has 2 aromatic rings. The predicted molar refractivity (Wildman–Crippen MR) is 103 cm³/mol. The Labute approximate surface area is 158 Å². The van der Waals surface area contributed by atoms with Crippen LogP contribution in [0.5, 0.6) is 0 Å². The van der Waals surface area contributed by atoms with E-state index in [1.165, 1.54) is 12.1 Å². The highest BCUT2D eigenvalue weighted by atomic mass is 19.1. The number of nitrogens with two attached hydrogens (primary N) is 1. The summed E-state index contributed by atoms with van der Waals surface area (Å²) in [5.74, 6) is -0.796. The summed E-state index contributed by atoms with van der Waals surface area (Å²) in [5, 5.41) is 13.7. The molecule has 142 valence electrons. The topological polar surface area (TPSA) is 75.3 Å². The van der Waals surface area contributed by atoms with E-state index in [-0.39, 0.29) is 30.1 Å². The maximum absolute atomic E-state index is 13.7. The van der Waals surface area contributed by atoms with Gasteiger partial charge < -0.3 is 16.2 Å². The van der Waals surface area contributed by atoms with Crippen molar-refractivity contribution in [3.8, 4) is 0 Å². The summed E-state index contributed by atoms with van der Waals surface area (Å²) in [6.07, 6.45) is 2.70. The van der Waals surface area contributed by atoms with E-state index >= 15 is 0 Å². The van der Waals surface area contributed by atoms with Crippen LogP contribution in [-0.2, 0) is 10.2 Å². The van der Waals surface area contributed by atoms with Crippen molar-refractivity contribution in [3.63, 3.8) is 0 Å². The average molecular weight is 368 g/mol. The van der Waals surface area contributed by atoms with Gasteiger partial charge in [0, 0.05) is 18.2 Å². The van der Waals surface area contributed by atoms with E-state index in [2.05, 4.69) is 5.32 Å². The molecule has 1 saturated carbocycles. The van der Waals surface area contributed by atoms with Crippen LogP contribution >= 0.6 is 0 Å². The average Bonchev–Trinajstić information content (AvgIpc) is 2.95. The monoisotopic (exact) mass is 368 g/mol. The van der Waals surface area contributed by atoms with Gasteiger partial charge >= 0.3 is 0 Å². The summed E-state index contributed by atoms with van der Waals surface area (Å²) in [6, 6.07) is 14.4. The number of halogens is 1. The van der Waals surface area contributed by atoms with Gasteiger partial charge in [0.1, 0.15) is 5.82 Å². The number of carbonyl (C=O) groups is 1. The van der Waals surface area contributed by atoms with Crippen LogP contribution in [0, 0.1) is 11.7 Å². The Bertz CT molecular complexity index is 841. The number of amides is 1. The Morgan fingerprint density at radius 2 is 2.00 bits per heavy atom. The van der Waals surface area contributed by atoms with E-state index < -0.39 is 11.5 Å². The molecule has 4 rings (SSSR count). The largest absolute Gasteiger partial charge is 0.391 e. The van der Waals surface area contributed by atoms with Gasteiger partial charge in [0.25, 0.3) is 0 Å². The molecule has 4 atom stereocenters. The van der Waals surface area contributed by atoms with Crippen molar-refractivity contribution in [1.29, 1.82) is 0 Å². The Hall–Kier alpha value is -2.24. The standard InChI is InChI=1S/C22H25FN2O2/c23-15-9-10-16-18(12-15)25-21(27)22(16)11-5-4-8-17(22)20(19(26)13-24)14-6-2-1-3-7-14/h1-3,6-7,9-10,12,17,19-20,26H,4-5,8,11,13,24H2,(H,25,27). The Kier molecular flexibility index (Phi) is 4.74. The second-order valence-corrected chi connectivity index (χ2v) is 7.71. The lowest BCUT2D eigenvalue weighted by Gasteiger charge is -2.45. The van der Waals surface area contributed by atoms with Gasteiger partial charge in [-0.3, -0.25) is 4.79 Å². The van der Waals surface area contributed by atoms with E-state index in [0.717, 1.165) is 30.4 Å². The number of carbonyl (C=O) groups excluding carboxylic acids is 1. The lowest BCUT2D eigenvalue weighted by atomic mass is 9.57. The van der Waals surface area contributed by atoms with Gasteiger partial charge in [-0.05, 0) is 42.0 Å². The minimum absolute atomic E-state index is 0.0852. The molecule has 4 nitrogen and oxygen atoms in total. The number of hydrogen-bond donors (Lipinski definition) is 3. The lowest BCUT2D eigenvalue weighted by molar-refractivity contribution is -0.125. The molecule has 0 bridgehead atoms. The molecule has 1 heterocycles. The molecule has 0 radical (unpaired) electrons. The molecule has 1 amide bonds. The fraction of sp³-hybridized carbons (Fsp3) is 0.409. The highest BCUT2D eigenvalue weighted by Gasteiger charge is 2.56. The third-order valence-corrected chi connectivity index (χ3v) is 6.36. The quantitative estimate of drug-likeness (QED) is 0.775. The number of aliphatic hydroxyl groups excluding tert-OH is 1. The van der Waals surface area contributed by atoms with Crippen molar-refractivity contribution < 1.29 is 14.3 Å². The third kappa shape index (κ3) is 2.86. The van der Waals surface area contributed by atoms with E-state index in [1.54, 1.807) is 6.07 Å². The molecular formula is C22H25FN2O2. The molecule has 1 aliphatic carbocycles. The van der Waals surface area contributed by atoms with Crippen molar-refractivity contribution >= 4 is 11.6 Å². The molecule has 0 saturated heterocycles. The Balaban J connectivity index is 1.86. The molecule has 1 spiro atoms. The highest BCUT2D eigenvalue weighted by molar-refractivity contribution is 6.06. The first-order chi connectivity index (χ1) is 13.1. The number of rotatable bonds is 4. The van der Waals surface area contributed by atoms with E-state index in [1.807, 2.05) is 30.3 Å². The zero-order valence-corrected chi connectivity index (χ0v) is 15.2. The van der Waals surface area contributed by atoms with Gasteiger partial charge in [-0.25, -0.2) is 4.39 Å². The maximum atomic E-state index is 13.7. The summed E-state index contributed by atoms with van der Waals surface area (Å²) in [6.45, 7) is 0.129. The van der Waals surface area contributed by atoms with Crippen molar-refractivity contribution in [2.75, 3.05) is 11.9 Å². The van der Waals surface area contributed by atoms with Crippen LogP contribution in [0.2, 0.25) is 0 Å². The van der Waals surface area contributed by atoms with E-state index in [4.69, 9.17) is 5.73 Å². The fourth-order valence-electron chi connectivity index (χ4n) is 5.21. The van der Waals surface area contributed by atoms with E-state index in [9.17, 15) is 14.3 Å². The van der Waals surface area contributed by atoms with Gasteiger partial charge in [-0.15, -0.1) is 0 Å². The molecule has 27 heavy (non-hydrogen) atoms. The first-order valence-electron chi connectivity index (χ1n) is 9.62. The van der Waals surface area contributed by atoms with Crippen molar-refractivity contribution in [3.05, 3.63) is 65.5 Å². The molecule has 4 N–H and O–H groups in total. The molecule has 2 aromatic carbocycles. The number of nitrogens with one attached hydrogen (secondary N) is 1. The number of benzene rings is 2. The molecule has 2 aliphatic rings. The number of aliphatic hydroxyl groups is 1. The minimum atomic E-state index is -0.752. The summed E-state index contributed by atoms with van der Waals surface area (Å²) in [4.78, 5) is 13.2. The molecular weight excluding hydrogens is 343 g/mol. The second-order valence-electron chi connectivity index (χ2n) is 7.71. The summed E-state index contributed by atoms with van der Waals surface area (Å²) in [7, 11) is 0. The first kappa shape index (κ1) is 18.1. The highest BCUT2D eigenvalue weighted by Crippen LogP contribution is 2.55. The maximum Gasteiger partial charge on any atom is 0.235 e. The SMILES string of the molecule is NCC(O)C(c1ccccc1)C1CCCCC12C(=O)Nc1cc(F)ccc12. The van der Waals surface area contributed by atoms with Crippen molar-refractivity contribution in [2.24, 2.45) is 11.7 Å². The fourth-order valence-corrected chi connectivity index (χ4v) is 5.21. The summed E-state index contributed by atoms with van der Waals surface area (Å²) in [5.41, 5.74) is 7.50. The summed E-state index contributed by atoms with van der Waals surface area (Å²) < 4.78 is 13.7. The van der Waals surface area contributed by atoms with Gasteiger partial charge in [0.2, 0.25) is 5.91 Å². The number of fused-ring (bicyclic) bond motifs is 2. The van der Waals surface area contributed by atoms with Crippen LogP contribution in [0.4, 0.5) is 10.1 Å². The third-order valence-electron chi connectivity index (χ3n) is 6.36. The number of hydrogen-bond acceptors (Lipinski definition) is 3. The smallest absolute Gasteiger partial charge is 0.235 e. The molecule has 0 aromatic heterocycles. The summed E-state index contributed by atoms with van der Waals surface area (Å²) >= 11 is 0. The van der Waals surface area contributed by atoms with E-state index in [0.29, 0.717) is 12.1 Å². The number of anilines is 1. The van der Waals surface area contributed by atoms with Gasteiger partial charge in [0.15, 0.2) is 0 Å². The van der Waals surface area contributed by atoms with Crippen LogP contribution in [0.25, 0.3) is 0 Å². The van der Waals surface area contributed by atoms with Gasteiger partial charge in [-0.1, -0.05) is 49.2 Å². The Morgan fingerprint density at radius 1 is 1.22 bits per heavy atom. The van der Waals surface area contributed by atoms with Crippen LogP contribution in [-0.4, -0.2) is 23.7 Å². The van der Waals surface area contributed by atoms with Crippen LogP contribution in [0.15, 0.2) is 48.5 Å². The first-order valence-corrected chi connectivity index (χ1v) is 9.62. The second kappa shape index (κ2) is 7.06. The molecule has 1 aliphatic heterocycles. The lowest BCUT2D eigenvalue weighted by Crippen LogP contribution is -2.49. The van der Waals surface area contributed by atoms with Crippen LogP contribution in [0.1, 0.15) is 42.7 Å².